The lowest BCUT2D eigenvalue weighted by atomic mass is 9.91. The zero-order valence-electron chi connectivity index (χ0n) is 13.0. The molecular formula is C17H28N2O. The van der Waals surface area contributed by atoms with E-state index in [1.807, 2.05) is 6.92 Å². The SMILES string of the molecule is CCOc1ccc(C(CN)N2CC(C)CCC2C)cc1. The zero-order valence-corrected chi connectivity index (χ0v) is 13.0. The van der Waals surface area contributed by atoms with E-state index < -0.39 is 0 Å². The molecule has 1 aromatic carbocycles. The first kappa shape index (κ1) is 15.3. The molecule has 112 valence electrons. The van der Waals surface area contributed by atoms with Gasteiger partial charge < -0.3 is 10.5 Å². The lowest BCUT2D eigenvalue weighted by molar-refractivity contribution is 0.0798. The third-order valence-electron chi connectivity index (χ3n) is 4.37. The monoisotopic (exact) mass is 276 g/mol. The van der Waals surface area contributed by atoms with Crippen LogP contribution in [0.1, 0.15) is 45.2 Å². The van der Waals surface area contributed by atoms with Crippen molar-refractivity contribution in [3.8, 4) is 5.75 Å². The maximum absolute atomic E-state index is 6.07. The highest BCUT2D eigenvalue weighted by atomic mass is 16.5. The number of piperidine rings is 1. The van der Waals surface area contributed by atoms with Crippen LogP contribution in [0.25, 0.3) is 0 Å². The van der Waals surface area contributed by atoms with Crippen LogP contribution in [-0.4, -0.2) is 30.6 Å². The fourth-order valence-electron chi connectivity index (χ4n) is 3.17. The average molecular weight is 276 g/mol. The second-order valence-corrected chi connectivity index (χ2v) is 5.98. The fraction of sp³-hybridized carbons (Fsp3) is 0.647. The van der Waals surface area contributed by atoms with Crippen LogP contribution in [0.5, 0.6) is 5.75 Å². The summed E-state index contributed by atoms with van der Waals surface area (Å²) in [4.78, 5) is 2.57. The smallest absolute Gasteiger partial charge is 0.119 e. The molecule has 0 amide bonds. The second-order valence-electron chi connectivity index (χ2n) is 5.98. The summed E-state index contributed by atoms with van der Waals surface area (Å²) in [6, 6.07) is 9.37. The first-order chi connectivity index (χ1) is 9.65. The molecule has 0 radical (unpaired) electrons. The molecule has 20 heavy (non-hydrogen) atoms. The van der Waals surface area contributed by atoms with E-state index >= 15 is 0 Å². The Bertz CT molecular complexity index is 404. The third-order valence-corrected chi connectivity index (χ3v) is 4.37. The molecule has 1 heterocycles. The molecule has 0 aromatic heterocycles. The Balaban J connectivity index is 2.14. The molecule has 0 aliphatic carbocycles. The van der Waals surface area contributed by atoms with Crippen LogP contribution in [0.3, 0.4) is 0 Å². The van der Waals surface area contributed by atoms with Gasteiger partial charge >= 0.3 is 0 Å². The highest BCUT2D eigenvalue weighted by Gasteiger charge is 2.29. The summed E-state index contributed by atoms with van der Waals surface area (Å²) in [5, 5.41) is 0. The highest BCUT2D eigenvalue weighted by molar-refractivity contribution is 5.29. The van der Waals surface area contributed by atoms with Crippen LogP contribution in [0.4, 0.5) is 0 Å². The van der Waals surface area contributed by atoms with Gasteiger partial charge in [-0.25, -0.2) is 0 Å². The van der Waals surface area contributed by atoms with Crippen molar-refractivity contribution in [3.05, 3.63) is 29.8 Å². The van der Waals surface area contributed by atoms with Crippen LogP contribution in [-0.2, 0) is 0 Å². The van der Waals surface area contributed by atoms with Crippen molar-refractivity contribution in [2.24, 2.45) is 11.7 Å². The summed E-state index contributed by atoms with van der Waals surface area (Å²) in [7, 11) is 0. The molecule has 1 aliphatic rings. The summed E-state index contributed by atoms with van der Waals surface area (Å²) in [6.07, 6.45) is 2.60. The number of nitrogens with zero attached hydrogens (tertiary/aromatic N) is 1. The average Bonchev–Trinajstić information content (AvgIpc) is 2.45. The van der Waals surface area contributed by atoms with E-state index in [0.717, 1.165) is 18.2 Å². The number of hydrogen-bond acceptors (Lipinski definition) is 3. The van der Waals surface area contributed by atoms with Crippen molar-refractivity contribution >= 4 is 0 Å². The van der Waals surface area contributed by atoms with Crippen molar-refractivity contribution in [3.63, 3.8) is 0 Å². The predicted octanol–water partition coefficient (Wildman–Crippen LogP) is 3.21. The summed E-state index contributed by atoms with van der Waals surface area (Å²) >= 11 is 0. The summed E-state index contributed by atoms with van der Waals surface area (Å²) in [5.74, 6) is 1.70. The molecule has 1 aromatic rings. The quantitative estimate of drug-likeness (QED) is 0.897. The molecule has 0 saturated carbocycles. The first-order valence-electron chi connectivity index (χ1n) is 7.84. The minimum atomic E-state index is 0.323. The first-order valence-corrected chi connectivity index (χ1v) is 7.84. The minimum absolute atomic E-state index is 0.323. The van der Waals surface area contributed by atoms with Gasteiger partial charge in [0.2, 0.25) is 0 Å². The standard InChI is InChI=1S/C17H28N2O/c1-4-20-16-9-7-15(8-10-16)17(11-18)19-12-13(2)5-6-14(19)3/h7-10,13-14,17H,4-6,11-12,18H2,1-3H3. The van der Waals surface area contributed by atoms with Gasteiger partial charge in [-0.3, -0.25) is 4.90 Å². The molecule has 3 atom stereocenters. The van der Waals surface area contributed by atoms with Crippen molar-refractivity contribution in [1.82, 2.24) is 4.90 Å². The van der Waals surface area contributed by atoms with E-state index in [9.17, 15) is 0 Å². The minimum Gasteiger partial charge on any atom is -0.494 e. The van der Waals surface area contributed by atoms with Gasteiger partial charge in [-0.05, 0) is 50.3 Å². The van der Waals surface area contributed by atoms with Gasteiger partial charge in [0.25, 0.3) is 0 Å². The zero-order chi connectivity index (χ0) is 14.5. The molecule has 1 aliphatic heterocycles. The van der Waals surface area contributed by atoms with E-state index in [-0.39, 0.29) is 0 Å². The van der Waals surface area contributed by atoms with Crippen molar-refractivity contribution in [2.75, 3.05) is 19.7 Å². The Morgan fingerprint density at radius 3 is 2.55 bits per heavy atom. The van der Waals surface area contributed by atoms with E-state index in [0.29, 0.717) is 25.2 Å². The number of benzene rings is 1. The molecule has 1 saturated heterocycles. The van der Waals surface area contributed by atoms with E-state index in [2.05, 4.69) is 43.0 Å². The van der Waals surface area contributed by atoms with Gasteiger partial charge in [0.1, 0.15) is 5.75 Å². The van der Waals surface area contributed by atoms with Crippen LogP contribution < -0.4 is 10.5 Å². The van der Waals surface area contributed by atoms with E-state index in [1.54, 1.807) is 0 Å². The molecule has 0 bridgehead atoms. The van der Waals surface area contributed by atoms with Gasteiger partial charge in [0.05, 0.1) is 6.61 Å². The highest BCUT2D eigenvalue weighted by Crippen LogP contribution is 2.30. The lowest BCUT2D eigenvalue weighted by Crippen LogP contribution is -2.45. The molecule has 3 unspecified atom stereocenters. The maximum atomic E-state index is 6.07. The molecule has 2 rings (SSSR count). The van der Waals surface area contributed by atoms with Crippen molar-refractivity contribution < 1.29 is 4.74 Å². The van der Waals surface area contributed by atoms with Crippen LogP contribution in [0.15, 0.2) is 24.3 Å². The van der Waals surface area contributed by atoms with Gasteiger partial charge in [-0.15, -0.1) is 0 Å². The molecular weight excluding hydrogens is 248 g/mol. The number of likely N-dealkylation sites (tertiary alicyclic amines) is 1. The maximum Gasteiger partial charge on any atom is 0.119 e. The van der Waals surface area contributed by atoms with Gasteiger partial charge in [0, 0.05) is 25.2 Å². The van der Waals surface area contributed by atoms with Crippen molar-refractivity contribution in [1.29, 1.82) is 0 Å². The second kappa shape index (κ2) is 7.09. The van der Waals surface area contributed by atoms with Gasteiger partial charge in [0.15, 0.2) is 0 Å². The largest absolute Gasteiger partial charge is 0.494 e. The lowest BCUT2D eigenvalue weighted by Gasteiger charge is -2.42. The Hall–Kier alpha value is -1.06. The molecule has 3 heteroatoms. The molecule has 0 spiro atoms. The van der Waals surface area contributed by atoms with E-state index in [4.69, 9.17) is 10.5 Å². The molecule has 1 fully saturated rings. The number of ether oxygens (including phenoxy) is 1. The molecule has 2 N–H and O–H groups in total. The Kier molecular flexibility index (Phi) is 5.44. The van der Waals surface area contributed by atoms with Crippen LogP contribution in [0.2, 0.25) is 0 Å². The summed E-state index contributed by atoms with van der Waals surface area (Å²) in [5.41, 5.74) is 7.37. The van der Waals surface area contributed by atoms with Crippen LogP contribution >= 0.6 is 0 Å². The molecule has 3 nitrogen and oxygen atoms in total. The fourth-order valence-corrected chi connectivity index (χ4v) is 3.17. The summed E-state index contributed by atoms with van der Waals surface area (Å²) in [6.45, 7) is 9.20. The Morgan fingerprint density at radius 1 is 1.25 bits per heavy atom. The van der Waals surface area contributed by atoms with Crippen LogP contribution in [0, 0.1) is 5.92 Å². The van der Waals surface area contributed by atoms with Gasteiger partial charge in [-0.2, -0.15) is 0 Å². The Morgan fingerprint density at radius 2 is 1.95 bits per heavy atom. The summed E-state index contributed by atoms with van der Waals surface area (Å²) < 4.78 is 5.51. The van der Waals surface area contributed by atoms with Crippen molar-refractivity contribution in [2.45, 2.75) is 45.7 Å². The number of rotatable bonds is 5. The number of nitrogens with two attached hydrogens (primary N) is 1. The van der Waals surface area contributed by atoms with Gasteiger partial charge in [-0.1, -0.05) is 19.1 Å². The topological polar surface area (TPSA) is 38.5 Å². The number of hydrogen-bond donors (Lipinski definition) is 1. The Labute approximate surface area is 123 Å². The predicted molar refractivity (Wildman–Crippen MR) is 84.0 cm³/mol. The van der Waals surface area contributed by atoms with E-state index in [1.165, 1.54) is 18.4 Å². The normalized spacial score (nSPS) is 25.4. The third kappa shape index (κ3) is 3.53.